The fraction of sp³-hybridized carbons (Fsp3) is 0.308. The van der Waals surface area contributed by atoms with Gasteiger partial charge in [-0.15, -0.1) is 0 Å². The van der Waals surface area contributed by atoms with Crippen molar-refractivity contribution >= 4 is 18.0 Å². The van der Waals surface area contributed by atoms with E-state index in [9.17, 15) is 14.9 Å². The van der Waals surface area contributed by atoms with Gasteiger partial charge in [0, 0.05) is 11.1 Å². The van der Waals surface area contributed by atoms with Gasteiger partial charge >= 0.3 is 5.88 Å². The van der Waals surface area contributed by atoms with Crippen molar-refractivity contribution in [3.05, 3.63) is 45.5 Å². The van der Waals surface area contributed by atoms with Gasteiger partial charge in [-0.25, -0.2) is 5.43 Å². The largest absolute Gasteiger partial charge is 0.433 e. The highest BCUT2D eigenvalue weighted by Gasteiger charge is 2.19. The van der Waals surface area contributed by atoms with Gasteiger partial charge in [-0.05, 0) is 12.1 Å². The van der Waals surface area contributed by atoms with Crippen LogP contribution in [0.15, 0.2) is 27.7 Å². The molecule has 2 rings (SSSR count). The van der Waals surface area contributed by atoms with Gasteiger partial charge in [-0.1, -0.05) is 20.8 Å². The minimum atomic E-state index is -0.659. The fourth-order valence-corrected chi connectivity index (χ4v) is 1.54. The summed E-state index contributed by atoms with van der Waals surface area (Å²) in [6, 6.07) is 4.22. The Kier molecular flexibility index (Phi) is 4.06. The maximum absolute atomic E-state index is 11.8. The van der Waals surface area contributed by atoms with E-state index in [4.69, 9.17) is 4.42 Å². The summed E-state index contributed by atoms with van der Waals surface area (Å²) in [4.78, 5) is 21.6. The van der Waals surface area contributed by atoms with E-state index >= 15 is 0 Å². The zero-order valence-corrected chi connectivity index (χ0v) is 12.3. The number of hydrogen-bond acceptors (Lipinski definition) is 6. The van der Waals surface area contributed by atoms with Crippen molar-refractivity contribution in [1.29, 1.82) is 0 Å². The van der Waals surface area contributed by atoms with Crippen molar-refractivity contribution < 1.29 is 14.1 Å². The van der Waals surface area contributed by atoms with Gasteiger partial charge in [0.25, 0.3) is 5.91 Å². The second kappa shape index (κ2) is 5.80. The van der Waals surface area contributed by atoms with Crippen LogP contribution < -0.4 is 5.43 Å². The highest BCUT2D eigenvalue weighted by Crippen LogP contribution is 2.20. The maximum atomic E-state index is 11.8. The molecule has 0 aliphatic rings. The number of aromatic amines is 1. The van der Waals surface area contributed by atoms with Crippen LogP contribution in [0.5, 0.6) is 0 Å². The molecule has 2 aromatic rings. The molecule has 0 unspecified atom stereocenters. The molecule has 0 spiro atoms. The van der Waals surface area contributed by atoms with Gasteiger partial charge in [0.1, 0.15) is 4.92 Å². The Hall–Kier alpha value is -2.97. The highest BCUT2D eigenvalue weighted by molar-refractivity contribution is 5.93. The molecular weight excluding hydrogens is 290 g/mol. The summed E-state index contributed by atoms with van der Waals surface area (Å²) in [5, 5.41) is 20.8. The second-order valence-corrected chi connectivity index (χ2v) is 5.55. The number of aromatic nitrogens is 2. The van der Waals surface area contributed by atoms with E-state index in [1.165, 1.54) is 18.3 Å². The molecule has 0 saturated carbocycles. The number of hydrazone groups is 1. The monoisotopic (exact) mass is 305 g/mol. The van der Waals surface area contributed by atoms with Gasteiger partial charge in [-0.2, -0.15) is 10.2 Å². The van der Waals surface area contributed by atoms with Crippen LogP contribution in [0, 0.1) is 10.1 Å². The molecule has 0 radical (unpaired) electrons. The summed E-state index contributed by atoms with van der Waals surface area (Å²) >= 11 is 0. The quantitative estimate of drug-likeness (QED) is 0.507. The minimum absolute atomic E-state index is 0.151. The summed E-state index contributed by atoms with van der Waals surface area (Å²) in [5.41, 5.74) is 3.14. The van der Waals surface area contributed by atoms with Crippen molar-refractivity contribution in [2.75, 3.05) is 0 Å². The number of nitro groups is 1. The summed E-state index contributed by atoms with van der Waals surface area (Å²) in [5.74, 6) is -0.733. The van der Waals surface area contributed by atoms with E-state index in [2.05, 4.69) is 20.7 Å². The standard InChI is InChI=1S/C13H15N5O4/c1-13(2,3)10-6-9(15-16-10)12(19)17-14-7-8-4-5-11(22-8)18(20)21/h4-7H,1-3H3,(H,15,16)(H,17,19)/b14-7+. The molecule has 9 heteroatoms. The van der Waals surface area contributed by atoms with Crippen molar-refractivity contribution in [2.24, 2.45) is 5.10 Å². The minimum Gasteiger partial charge on any atom is -0.400 e. The Labute approximate surface area is 125 Å². The first-order chi connectivity index (χ1) is 10.3. The van der Waals surface area contributed by atoms with Crippen LogP contribution in [0.4, 0.5) is 5.88 Å². The number of H-pyrrole nitrogens is 1. The van der Waals surface area contributed by atoms with Crippen LogP contribution in [0.2, 0.25) is 0 Å². The molecule has 2 N–H and O–H groups in total. The topological polar surface area (TPSA) is 126 Å². The molecule has 9 nitrogen and oxygen atoms in total. The molecule has 2 heterocycles. The summed E-state index contributed by atoms with van der Waals surface area (Å²) in [7, 11) is 0. The molecule has 0 atom stereocenters. The molecule has 0 aliphatic carbocycles. The first-order valence-corrected chi connectivity index (χ1v) is 6.41. The average molecular weight is 305 g/mol. The third-order valence-corrected chi connectivity index (χ3v) is 2.77. The van der Waals surface area contributed by atoms with E-state index < -0.39 is 16.7 Å². The van der Waals surface area contributed by atoms with E-state index in [1.54, 1.807) is 6.07 Å². The lowest BCUT2D eigenvalue weighted by Gasteiger charge is -2.14. The van der Waals surface area contributed by atoms with Gasteiger partial charge in [-0.3, -0.25) is 20.0 Å². The molecule has 0 fully saturated rings. The number of furan rings is 1. The van der Waals surface area contributed by atoms with E-state index in [0.29, 0.717) is 0 Å². The van der Waals surface area contributed by atoms with Crippen molar-refractivity contribution in [3.63, 3.8) is 0 Å². The summed E-state index contributed by atoms with van der Waals surface area (Å²) in [6.07, 6.45) is 1.17. The van der Waals surface area contributed by atoms with Gasteiger partial charge in [0.05, 0.1) is 12.3 Å². The van der Waals surface area contributed by atoms with Crippen LogP contribution in [0.25, 0.3) is 0 Å². The molecule has 22 heavy (non-hydrogen) atoms. The molecular formula is C13H15N5O4. The van der Waals surface area contributed by atoms with Gasteiger partial charge in [0.2, 0.25) is 0 Å². The molecule has 116 valence electrons. The van der Waals surface area contributed by atoms with Crippen molar-refractivity contribution in [1.82, 2.24) is 15.6 Å². The molecule has 0 bridgehead atoms. The highest BCUT2D eigenvalue weighted by atomic mass is 16.6. The van der Waals surface area contributed by atoms with E-state index in [0.717, 1.165) is 5.69 Å². The predicted molar refractivity (Wildman–Crippen MR) is 77.7 cm³/mol. The first-order valence-electron chi connectivity index (χ1n) is 6.41. The number of amides is 1. The van der Waals surface area contributed by atoms with Gasteiger partial charge in [0.15, 0.2) is 11.5 Å². The zero-order chi connectivity index (χ0) is 16.3. The lowest BCUT2D eigenvalue weighted by Crippen LogP contribution is -2.18. The number of nitrogens with zero attached hydrogens (tertiary/aromatic N) is 3. The van der Waals surface area contributed by atoms with Crippen LogP contribution in [0.1, 0.15) is 42.7 Å². The second-order valence-electron chi connectivity index (χ2n) is 5.55. The predicted octanol–water partition coefficient (Wildman–Crippen LogP) is 1.97. The third-order valence-electron chi connectivity index (χ3n) is 2.77. The Bertz CT molecular complexity index is 723. The number of hydrogen-bond donors (Lipinski definition) is 2. The smallest absolute Gasteiger partial charge is 0.400 e. The number of carbonyl (C=O) groups excluding carboxylic acids is 1. The Morgan fingerprint density at radius 1 is 1.50 bits per heavy atom. The van der Waals surface area contributed by atoms with Crippen LogP contribution in [-0.4, -0.2) is 27.2 Å². The lowest BCUT2D eigenvalue weighted by molar-refractivity contribution is -0.402. The summed E-state index contributed by atoms with van der Waals surface area (Å²) < 4.78 is 4.86. The number of carbonyl (C=O) groups is 1. The zero-order valence-electron chi connectivity index (χ0n) is 12.3. The Balaban J connectivity index is 1.98. The van der Waals surface area contributed by atoms with E-state index in [-0.39, 0.29) is 16.9 Å². The molecule has 0 saturated heterocycles. The van der Waals surface area contributed by atoms with Crippen LogP contribution >= 0.6 is 0 Å². The molecule has 2 aromatic heterocycles. The molecule has 1 amide bonds. The maximum Gasteiger partial charge on any atom is 0.433 e. The SMILES string of the molecule is CC(C)(C)c1cc(C(=O)N/N=C/c2ccc([N+](=O)[O-])o2)n[nH]1. The van der Waals surface area contributed by atoms with Crippen LogP contribution in [-0.2, 0) is 5.41 Å². The molecule has 0 aliphatic heterocycles. The number of rotatable bonds is 4. The Morgan fingerprint density at radius 3 is 2.77 bits per heavy atom. The Morgan fingerprint density at radius 2 is 2.23 bits per heavy atom. The first kappa shape index (κ1) is 15.4. The van der Waals surface area contributed by atoms with Crippen molar-refractivity contribution in [3.8, 4) is 0 Å². The van der Waals surface area contributed by atoms with Gasteiger partial charge < -0.3 is 4.42 Å². The average Bonchev–Trinajstić information content (AvgIpc) is 3.07. The van der Waals surface area contributed by atoms with Crippen molar-refractivity contribution in [2.45, 2.75) is 26.2 Å². The fourth-order valence-electron chi connectivity index (χ4n) is 1.54. The number of nitrogens with one attached hydrogen (secondary N) is 2. The summed E-state index contributed by atoms with van der Waals surface area (Å²) in [6.45, 7) is 5.97. The van der Waals surface area contributed by atoms with E-state index in [1.807, 2.05) is 20.8 Å². The molecule has 0 aromatic carbocycles. The normalized spacial score (nSPS) is 11.8. The third kappa shape index (κ3) is 3.57. The lowest BCUT2D eigenvalue weighted by atomic mass is 9.92. The van der Waals surface area contributed by atoms with Crippen LogP contribution in [0.3, 0.4) is 0 Å².